The predicted molar refractivity (Wildman–Crippen MR) is 126 cm³/mol. The molecule has 0 rings (SSSR count). The molecule has 0 aliphatic rings. The van der Waals surface area contributed by atoms with E-state index < -0.39 is 31.3 Å². The third-order valence-corrected chi connectivity index (χ3v) is 42.9. The SMILES string of the molecule is CCCCCCCCCCCC[Si](C)(C)O[Si](C)([Si](C)(C)O)[Si](C)(C)O. The molecule has 0 atom stereocenters. The van der Waals surface area contributed by atoms with Crippen molar-refractivity contribution in [2.24, 2.45) is 0 Å². The van der Waals surface area contributed by atoms with Crippen molar-refractivity contribution in [3.63, 3.8) is 0 Å². The second-order valence-corrected chi connectivity index (χ2v) is 37.6. The Kier molecular flexibility index (Phi) is 12.0. The van der Waals surface area contributed by atoms with Crippen LogP contribution in [0.3, 0.4) is 0 Å². The van der Waals surface area contributed by atoms with Crippen LogP contribution in [0, 0.1) is 0 Å². The zero-order chi connectivity index (χ0) is 20.5. The van der Waals surface area contributed by atoms with Crippen LogP contribution in [0.1, 0.15) is 71.1 Å². The first-order valence-electron chi connectivity index (χ1n) is 10.9. The van der Waals surface area contributed by atoms with Gasteiger partial charge in [0.2, 0.25) is 7.35 Å². The molecule has 0 amide bonds. The molecule has 7 heteroatoms. The third-order valence-electron chi connectivity index (χ3n) is 5.95. The van der Waals surface area contributed by atoms with Crippen LogP contribution < -0.4 is 0 Å². The van der Waals surface area contributed by atoms with Crippen LogP contribution in [0.2, 0.25) is 51.9 Å². The average Bonchev–Trinajstić information content (AvgIpc) is 2.46. The molecule has 0 spiro atoms. The van der Waals surface area contributed by atoms with Gasteiger partial charge in [0.25, 0.3) is 0 Å². The van der Waals surface area contributed by atoms with Gasteiger partial charge in [-0.2, -0.15) is 0 Å². The second-order valence-electron chi connectivity index (χ2n) is 9.95. The van der Waals surface area contributed by atoms with Crippen LogP contribution >= 0.6 is 0 Å². The van der Waals surface area contributed by atoms with E-state index >= 15 is 0 Å². The fourth-order valence-electron chi connectivity index (χ4n) is 3.64. The molecule has 26 heavy (non-hydrogen) atoms. The lowest BCUT2D eigenvalue weighted by Crippen LogP contribution is -2.76. The van der Waals surface area contributed by atoms with Gasteiger partial charge in [-0.25, -0.2) is 0 Å². The number of hydrogen-bond donors (Lipinski definition) is 2. The molecule has 2 N–H and O–H groups in total. The molecule has 0 aliphatic heterocycles. The van der Waals surface area contributed by atoms with Crippen LogP contribution in [0.15, 0.2) is 0 Å². The Morgan fingerprint density at radius 2 is 0.923 bits per heavy atom. The summed E-state index contributed by atoms with van der Waals surface area (Å²) in [6.45, 7) is 16.8. The molecular weight excluding hydrogens is 389 g/mol. The summed E-state index contributed by atoms with van der Waals surface area (Å²) in [7, 11) is -9.22. The Hall–Kier alpha value is 0.748. The van der Waals surface area contributed by atoms with Gasteiger partial charge in [0.1, 0.15) is 0 Å². The first-order valence-corrected chi connectivity index (χ1v) is 24.3. The van der Waals surface area contributed by atoms with E-state index in [1.165, 1.54) is 64.2 Å². The van der Waals surface area contributed by atoms with Crippen molar-refractivity contribution in [3.8, 4) is 0 Å². The van der Waals surface area contributed by atoms with Gasteiger partial charge in [0.15, 0.2) is 24.0 Å². The molecule has 158 valence electrons. The minimum absolute atomic E-state index is 1.15. The van der Waals surface area contributed by atoms with Gasteiger partial charge in [-0.05, 0) is 51.9 Å². The van der Waals surface area contributed by atoms with Gasteiger partial charge in [-0.1, -0.05) is 71.1 Å². The fraction of sp³-hybridized carbons (Fsp3) is 1.00. The molecule has 0 unspecified atom stereocenters. The van der Waals surface area contributed by atoms with E-state index in [1.807, 2.05) is 26.2 Å². The number of rotatable bonds is 15. The van der Waals surface area contributed by atoms with Crippen molar-refractivity contribution < 1.29 is 13.7 Å². The molecule has 0 aromatic rings. The van der Waals surface area contributed by atoms with Crippen LogP contribution in [-0.4, -0.2) is 40.9 Å². The van der Waals surface area contributed by atoms with Crippen molar-refractivity contribution in [2.45, 2.75) is 123 Å². The quantitative estimate of drug-likeness (QED) is 0.235. The van der Waals surface area contributed by atoms with Crippen molar-refractivity contribution >= 4 is 31.3 Å². The molecule has 0 heterocycles. The van der Waals surface area contributed by atoms with E-state index in [2.05, 4.69) is 26.6 Å². The topological polar surface area (TPSA) is 49.7 Å². The summed E-state index contributed by atoms with van der Waals surface area (Å²) in [5, 5.41) is 0. The molecule has 0 aliphatic carbocycles. The Labute approximate surface area is 168 Å². The summed E-state index contributed by atoms with van der Waals surface area (Å²) >= 11 is 0. The van der Waals surface area contributed by atoms with Gasteiger partial charge >= 0.3 is 0 Å². The van der Waals surface area contributed by atoms with Crippen LogP contribution in [0.4, 0.5) is 0 Å². The van der Waals surface area contributed by atoms with Gasteiger partial charge in [-0.3, -0.25) is 0 Å². The number of hydrogen-bond acceptors (Lipinski definition) is 3. The van der Waals surface area contributed by atoms with Crippen LogP contribution in [0.25, 0.3) is 0 Å². The van der Waals surface area contributed by atoms with Crippen molar-refractivity contribution in [2.75, 3.05) is 0 Å². The van der Waals surface area contributed by atoms with Crippen molar-refractivity contribution in [3.05, 3.63) is 0 Å². The molecule has 0 saturated heterocycles. The van der Waals surface area contributed by atoms with E-state index in [1.54, 1.807) is 0 Å². The van der Waals surface area contributed by atoms with E-state index in [0.29, 0.717) is 0 Å². The van der Waals surface area contributed by atoms with E-state index in [9.17, 15) is 9.59 Å². The fourth-order valence-corrected chi connectivity index (χ4v) is 40.5. The maximum Gasteiger partial charge on any atom is 0.213 e. The van der Waals surface area contributed by atoms with Gasteiger partial charge in [-0.15, -0.1) is 0 Å². The van der Waals surface area contributed by atoms with E-state index in [0.717, 1.165) is 6.04 Å². The number of unbranched alkanes of at least 4 members (excludes halogenated alkanes) is 9. The summed E-state index contributed by atoms with van der Waals surface area (Å²) in [5.41, 5.74) is 0. The lowest BCUT2D eigenvalue weighted by molar-refractivity contribution is 0.497. The van der Waals surface area contributed by atoms with Gasteiger partial charge in [0, 0.05) is 0 Å². The summed E-state index contributed by atoms with van der Waals surface area (Å²) < 4.78 is 6.74. The molecule has 0 aromatic heterocycles. The Morgan fingerprint density at radius 1 is 0.577 bits per heavy atom. The maximum absolute atomic E-state index is 10.9. The standard InChI is InChI=1S/C19H48O3Si4/c1-9-10-11-12-13-14-15-16-17-18-19-23(2,3)22-26(8,24(4,5)20)25(6,7)21/h20-21H,9-19H2,1-8H3. The monoisotopic (exact) mass is 436 g/mol. The zero-order valence-corrected chi connectivity index (χ0v) is 23.1. The highest BCUT2D eigenvalue weighted by atomic mass is 29.7. The Morgan fingerprint density at radius 3 is 1.27 bits per heavy atom. The predicted octanol–water partition coefficient (Wildman–Crippen LogP) is 6.26. The van der Waals surface area contributed by atoms with Crippen LogP contribution in [0.5, 0.6) is 0 Å². The van der Waals surface area contributed by atoms with Crippen molar-refractivity contribution in [1.82, 2.24) is 0 Å². The highest BCUT2D eigenvalue weighted by Gasteiger charge is 2.60. The zero-order valence-electron chi connectivity index (χ0n) is 19.1. The first kappa shape index (κ1) is 26.7. The molecule has 0 aromatic carbocycles. The van der Waals surface area contributed by atoms with Crippen molar-refractivity contribution in [1.29, 1.82) is 0 Å². The van der Waals surface area contributed by atoms with E-state index in [4.69, 9.17) is 4.12 Å². The lowest BCUT2D eigenvalue weighted by Gasteiger charge is -2.47. The molecule has 0 bridgehead atoms. The minimum atomic E-state index is -2.47. The smallest absolute Gasteiger partial charge is 0.213 e. The summed E-state index contributed by atoms with van der Waals surface area (Å²) in [6.07, 6.45) is 13.6. The van der Waals surface area contributed by atoms with Gasteiger partial charge in [0.05, 0.1) is 0 Å². The summed E-state index contributed by atoms with van der Waals surface area (Å²) in [5.74, 6) is 0. The molecule has 0 radical (unpaired) electrons. The average molecular weight is 437 g/mol. The molecule has 0 fully saturated rings. The highest BCUT2D eigenvalue weighted by molar-refractivity contribution is 7.64. The van der Waals surface area contributed by atoms with Gasteiger partial charge < -0.3 is 13.7 Å². The summed E-state index contributed by atoms with van der Waals surface area (Å²) in [6, 6.07) is 1.15. The maximum atomic E-state index is 10.9. The largest absolute Gasteiger partial charge is 0.456 e. The third kappa shape index (κ3) is 9.79. The Bertz CT molecular complexity index is 362. The van der Waals surface area contributed by atoms with E-state index in [-0.39, 0.29) is 0 Å². The lowest BCUT2D eigenvalue weighted by atomic mass is 10.1. The summed E-state index contributed by atoms with van der Waals surface area (Å²) in [4.78, 5) is 21.7. The molecular formula is C19H48O3Si4. The van der Waals surface area contributed by atoms with Crippen LogP contribution in [-0.2, 0) is 4.12 Å². The minimum Gasteiger partial charge on any atom is -0.456 e. The normalized spacial score (nSPS) is 14.1. The second kappa shape index (κ2) is 11.7. The molecule has 0 saturated carbocycles. The molecule has 3 nitrogen and oxygen atoms in total. The highest BCUT2D eigenvalue weighted by Crippen LogP contribution is 2.32. The first-order chi connectivity index (χ1) is 11.8. The Balaban J connectivity index is 4.21.